The lowest BCUT2D eigenvalue weighted by Crippen LogP contribution is -2.29. The predicted molar refractivity (Wildman–Crippen MR) is 135 cm³/mol. The van der Waals surface area contributed by atoms with Crippen molar-refractivity contribution in [2.24, 2.45) is 0 Å². The molecule has 0 aromatic heterocycles. The zero-order valence-electron chi connectivity index (χ0n) is 20.7. The number of alkyl halides is 3. The molecule has 0 radical (unpaired) electrons. The molecule has 3 nitrogen and oxygen atoms in total. The molecule has 0 spiro atoms. The van der Waals surface area contributed by atoms with Gasteiger partial charge in [0.15, 0.2) is 0 Å². The fraction of sp³-hybridized carbons (Fsp3) is 0.400. The first-order chi connectivity index (χ1) is 17.5. The molecule has 3 aromatic carbocycles. The Morgan fingerprint density at radius 1 is 0.833 bits per heavy atom. The van der Waals surface area contributed by atoms with Gasteiger partial charge in [0.05, 0.1) is 12.7 Å². The van der Waals surface area contributed by atoms with Gasteiger partial charge < -0.3 is 9.47 Å². The number of hydrogen-bond acceptors (Lipinski definition) is 3. The Kier molecular flexibility index (Phi) is 7.24. The summed E-state index contributed by atoms with van der Waals surface area (Å²) in [5.41, 5.74) is 3.79. The lowest BCUT2D eigenvalue weighted by atomic mass is 9.95. The molecule has 36 heavy (non-hydrogen) atoms. The van der Waals surface area contributed by atoms with Crippen molar-refractivity contribution in [2.45, 2.75) is 57.9 Å². The first-order valence-electron chi connectivity index (χ1n) is 12.8. The zero-order chi connectivity index (χ0) is 25.1. The quantitative estimate of drug-likeness (QED) is 0.340. The Hall–Kier alpha value is -2.99. The van der Waals surface area contributed by atoms with Crippen LogP contribution in [0.15, 0.2) is 54.6 Å². The molecule has 0 unspecified atom stereocenters. The number of benzene rings is 3. The Bertz CT molecular complexity index is 1200. The van der Waals surface area contributed by atoms with Crippen LogP contribution in [0.5, 0.6) is 11.5 Å². The highest BCUT2D eigenvalue weighted by atomic mass is 19.4. The molecular formula is C30H32F3NO2. The zero-order valence-corrected chi connectivity index (χ0v) is 20.7. The molecule has 1 fully saturated rings. The molecule has 0 amide bonds. The standard InChI is InChI=1S/C30H32F3NO2/c1-35-27-18-28(25-15-9-14-24(25)26(27)19-34-16-6-3-7-17-34)36-20-22-12-8-13-23(29(22)30(31,32)33)21-10-4-2-5-11-21/h2,4-5,8,10-13,18H,3,6-7,9,14-17,19-20H2,1H3. The lowest BCUT2D eigenvalue weighted by Gasteiger charge is -2.28. The lowest BCUT2D eigenvalue weighted by molar-refractivity contribution is -0.138. The number of likely N-dealkylation sites (tertiary alicyclic amines) is 1. The van der Waals surface area contributed by atoms with Crippen LogP contribution >= 0.6 is 0 Å². The van der Waals surface area contributed by atoms with Crippen molar-refractivity contribution < 1.29 is 22.6 Å². The van der Waals surface area contributed by atoms with Crippen LogP contribution < -0.4 is 9.47 Å². The highest BCUT2D eigenvalue weighted by Crippen LogP contribution is 2.42. The molecule has 0 N–H and O–H groups in total. The van der Waals surface area contributed by atoms with Crippen molar-refractivity contribution in [2.75, 3.05) is 20.2 Å². The molecule has 1 aliphatic carbocycles. The average Bonchev–Trinajstić information content (AvgIpc) is 3.39. The molecule has 5 rings (SSSR count). The Balaban J connectivity index is 1.46. The van der Waals surface area contributed by atoms with Gasteiger partial charge in [-0.3, -0.25) is 4.90 Å². The predicted octanol–water partition coefficient (Wildman–Crippen LogP) is 7.43. The summed E-state index contributed by atoms with van der Waals surface area (Å²) < 4.78 is 54.7. The SMILES string of the molecule is COc1cc(OCc2cccc(-c3ccccc3)c2C(F)(F)F)c2c(c1CN1CCCCC1)CCC2. The van der Waals surface area contributed by atoms with Crippen LogP contribution in [0, 0.1) is 0 Å². The summed E-state index contributed by atoms with van der Waals surface area (Å²) in [6.07, 6.45) is 2.06. The minimum Gasteiger partial charge on any atom is -0.496 e. The summed E-state index contributed by atoms with van der Waals surface area (Å²) in [7, 11) is 1.66. The van der Waals surface area contributed by atoms with Crippen molar-refractivity contribution in [3.63, 3.8) is 0 Å². The van der Waals surface area contributed by atoms with Crippen LogP contribution in [-0.4, -0.2) is 25.1 Å². The van der Waals surface area contributed by atoms with E-state index in [0.717, 1.165) is 50.2 Å². The van der Waals surface area contributed by atoms with Gasteiger partial charge in [0, 0.05) is 23.7 Å². The number of nitrogens with zero attached hydrogens (tertiary/aromatic N) is 1. The number of halogens is 3. The summed E-state index contributed by atoms with van der Waals surface area (Å²) in [4.78, 5) is 2.48. The third-order valence-electron chi connectivity index (χ3n) is 7.39. The van der Waals surface area contributed by atoms with Crippen LogP contribution in [0.3, 0.4) is 0 Å². The number of rotatable bonds is 7. The summed E-state index contributed by atoms with van der Waals surface area (Å²) in [5.74, 6) is 1.41. The van der Waals surface area contributed by atoms with Crippen molar-refractivity contribution >= 4 is 0 Å². The van der Waals surface area contributed by atoms with Crippen LogP contribution in [0.25, 0.3) is 11.1 Å². The maximum atomic E-state index is 14.3. The van der Waals surface area contributed by atoms with E-state index in [4.69, 9.17) is 9.47 Å². The van der Waals surface area contributed by atoms with Crippen LogP contribution in [0.2, 0.25) is 0 Å². The van der Waals surface area contributed by atoms with Crippen LogP contribution in [-0.2, 0) is 32.2 Å². The normalized spacial score (nSPS) is 16.1. The van der Waals surface area contributed by atoms with Gasteiger partial charge in [0.2, 0.25) is 0 Å². The molecule has 3 aromatic rings. The summed E-state index contributed by atoms with van der Waals surface area (Å²) in [5, 5.41) is 0. The van der Waals surface area contributed by atoms with Gasteiger partial charge in [-0.25, -0.2) is 0 Å². The summed E-state index contributed by atoms with van der Waals surface area (Å²) in [6.45, 7) is 2.88. The molecule has 6 heteroatoms. The van der Waals surface area contributed by atoms with Crippen molar-refractivity contribution in [3.8, 4) is 22.6 Å². The highest BCUT2D eigenvalue weighted by Gasteiger charge is 2.36. The van der Waals surface area contributed by atoms with Crippen molar-refractivity contribution in [1.82, 2.24) is 4.90 Å². The average molecular weight is 496 g/mol. The number of hydrogen-bond donors (Lipinski definition) is 0. The number of methoxy groups -OCH3 is 1. The molecule has 0 saturated carbocycles. The van der Waals surface area contributed by atoms with E-state index >= 15 is 0 Å². The minimum atomic E-state index is -4.50. The van der Waals surface area contributed by atoms with Gasteiger partial charge >= 0.3 is 6.18 Å². The van der Waals surface area contributed by atoms with E-state index < -0.39 is 11.7 Å². The molecule has 0 atom stereocenters. The van der Waals surface area contributed by atoms with Crippen LogP contribution in [0.1, 0.15) is 53.5 Å². The van der Waals surface area contributed by atoms with E-state index in [1.54, 1.807) is 43.5 Å². The fourth-order valence-electron chi connectivity index (χ4n) is 5.68. The van der Waals surface area contributed by atoms with Gasteiger partial charge in [-0.15, -0.1) is 0 Å². The molecular weight excluding hydrogens is 463 g/mol. The first kappa shape index (κ1) is 24.7. The molecule has 1 saturated heterocycles. The van der Waals surface area contributed by atoms with Gasteiger partial charge in [-0.2, -0.15) is 13.2 Å². The molecule has 2 aliphatic rings. The fourth-order valence-corrected chi connectivity index (χ4v) is 5.68. The highest BCUT2D eigenvalue weighted by molar-refractivity contribution is 5.69. The van der Waals surface area contributed by atoms with Gasteiger partial charge in [0.1, 0.15) is 18.1 Å². The van der Waals surface area contributed by atoms with E-state index in [2.05, 4.69) is 4.90 Å². The second-order valence-corrected chi connectivity index (χ2v) is 9.70. The third-order valence-corrected chi connectivity index (χ3v) is 7.39. The molecule has 0 bridgehead atoms. The van der Waals surface area contributed by atoms with Crippen molar-refractivity contribution in [3.05, 3.63) is 82.4 Å². The molecule has 1 heterocycles. The largest absolute Gasteiger partial charge is 0.496 e. The molecule has 190 valence electrons. The number of fused-ring (bicyclic) bond motifs is 1. The smallest absolute Gasteiger partial charge is 0.417 e. The second-order valence-electron chi connectivity index (χ2n) is 9.70. The van der Waals surface area contributed by atoms with Gasteiger partial charge in [-0.1, -0.05) is 55.0 Å². The summed E-state index contributed by atoms with van der Waals surface area (Å²) in [6, 6.07) is 15.3. The van der Waals surface area contributed by atoms with Crippen molar-refractivity contribution in [1.29, 1.82) is 0 Å². The Morgan fingerprint density at radius 3 is 2.31 bits per heavy atom. The third kappa shape index (κ3) is 5.10. The molecule has 1 aliphatic heterocycles. The maximum Gasteiger partial charge on any atom is 0.417 e. The first-order valence-corrected chi connectivity index (χ1v) is 12.8. The monoisotopic (exact) mass is 495 g/mol. The summed E-state index contributed by atoms with van der Waals surface area (Å²) >= 11 is 0. The van der Waals surface area contributed by atoms with E-state index in [1.807, 2.05) is 6.07 Å². The number of piperidine rings is 1. The maximum absolute atomic E-state index is 14.3. The second kappa shape index (κ2) is 10.6. The number of ether oxygens (including phenoxy) is 2. The van der Waals surface area contributed by atoms with E-state index in [-0.39, 0.29) is 17.7 Å². The minimum absolute atomic E-state index is 0.131. The topological polar surface area (TPSA) is 21.7 Å². The van der Waals surface area contributed by atoms with E-state index in [9.17, 15) is 13.2 Å². The van der Waals surface area contributed by atoms with Gasteiger partial charge in [-0.05, 0) is 67.4 Å². The Labute approximate surface area is 210 Å². The van der Waals surface area contributed by atoms with Crippen LogP contribution in [0.4, 0.5) is 13.2 Å². The van der Waals surface area contributed by atoms with E-state index in [0.29, 0.717) is 11.3 Å². The Morgan fingerprint density at radius 2 is 1.58 bits per heavy atom. The van der Waals surface area contributed by atoms with Gasteiger partial charge in [0.25, 0.3) is 0 Å². The van der Waals surface area contributed by atoms with E-state index in [1.165, 1.54) is 42.5 Å².